The van der Waals surface area contributed by atoms with Crippen molar-refractivity contribution in [3.05, 3.63) is 59.9 Å². The molecule has 0 atom stereocenters. The summed E-state index contributed by atoms with van der Waals surface area (Å²) in [6, 6.07) is 13.2. The molecule has 0 bridgehead atoms. The van der Waals surface area contributed by atoms with Gasteiger partial charge in [0.2, 0.25) is 11.8 Å². The van der Waals surface area contributed by atoms with Crippen molar-refractivity contribution in [2.75, 3.05) is 10.6 Å². The molecule has 4 nitrogen and oxygen atoms in total. The first-order valence-electron chi connectivity index (χ1n) is 8.70. The lowest BCUT2D eigenvalue weighted by molar-refractivity contribution is -0.123. The number of amides is 2. The van der Waals surface area contributed by atoms with Crippen LogP contribution in [0.25, 0.3) is 0 Å². The molecule has 5 heteroatoms. The zero-order chi connectivity index (χ0) is 18.9. The van der Waals surface area contributed by atoms with Crippen LogP contribution >= 0.6 is 0 Å². The molecule has 1 saturated carbocycles. The molecule has 0 heterocycles. The lowest BCUT2D eigenvalue weighted by Gasteiger charge is -2.19. The van der Waals surface area contributed by atoms with E-state index in [1.54, 1.807) is 36.4 Å². The molecule has 2 N–H and O–H groups in total. The Morgan fingerprint density at radius 3 is 2.08 bits per heavy atom. The van der Waals surface area contributed by atoms with Gasteiger partial charge in [0.25, 0.3) is 0 Å². The Balaban J connectivity index is 1.73. The summed E-state index contributed by atoms with van der Waals surface area (Å²) in [5, 5.41) is 5.78. The van der Waals surface area contributed by atoms with Gasteiger partial charge in [-0.15, -0.1) is 0 Å². The number of carbonyl (C=O) groups is 2. The molecule has 0 aliphatic heterocycles. The smallest absolute Gasteiger partial charge is 0.235 e. The monoisotopic (exact) mass is 354 g/mol. The lowest BCUT2D eigenvalue weighted by Crippen LogP contribution is -2.28. The molecule has 136 valence electrons. The van der Waals surface area contributed by atoms with Crippen molar-refractivity contribution in [1.82, 2.24) is 0 Å². The van der Waals surface area contributed by atoms with E-state index in [4.69, 9.17) is 0 Å². The van der Waals surface area contributed by atoms with Crippen LogP contribution in [0.3, 0.4) is 0 Å². The number of hydrogen-bond donors (Lipinski definition) is 2. The van der Waals surface area contributed by atoms with Gasteiger partial charge in [-0.3, -0.25) is 9.59 Å². The maximum absolute atomic E-state index is 13.1. The van der Waals surface area contributed by atoms with E-state index in [1.165, 1.54) is 12.1 Å². The molecule has 2 aromatic rings. The number of hydrogen-bond acceptors (Lipinski definition) is 2. The summed E-state index contributed by atoms with van der Waals surface area (Å²) in [6.45, 7) is 5.52. The second-order valence-corrected chi connectivity index (χ2v) is 7.83. The van der Waals surface area contributed by atoms with Crippen molar-refractivity contribution in [2.45, 2.75) is 39.0 Å². The summed E-state index contributed by atoms with van der Waals surface area (Å²) in [7, 11) is 0. The van der Waals surface area contributed by atoms with Gasteiger partial charge in [0.1, 0.15) is 5.82 Å². The van der Waals surface area contributed by atoms with Crippen molar-refractivity contribution >= 4 is 23.2 Å². The SMILES string of the molecule is CC(C)(C)C(=O)Nc1cccc(NC(=O)C2(c3ccc(F)cc3)CC2)c1. The van der Waals surface area contributed by atoms with E-state index < -0.39 is 10.8 Å². The molecule has 2 aromatic carbocycles. The minimum atomic E-state index is -0.585. The van der Waals surface area contributed by atoms with Gasteiger partial charge >= 0.3 is 0 Å². The molecule has 0 unspecified atom stereocenters. The predicted molar refractivity (Wildman–Crippen MR) is 100 cm³/mol. The molecule has 0 spiro atoms. The van der Waals surface area contributed by atoms with Gasteiger partial charge in [-0.05, 0) is 48.7 Å². The van der Waals surface area contributed by atoms with E-state index in [2.05, 4.69) is 10.6 Å². The van der Waals surface area contributed by atoms with Crippen LogP contribution < -0.4 is 10.6 Å². The summed E-state index contributed by atoms with van der Waals surface area (Å²) >= 11 is 0. The largest absolute Gasteiger partial charge is 0.326 e. The number of nitrogens with one attached hydrogen (secondary N) is 2. The van der Waals surface area contributed by atoms with Crippen molar-refractivity contribution in [3.63, 3.8) is 0 Å². The van der Waals surface area contributed by atoms with Gasteiger partial charge in [-0.2, -0.15) is 0 Å². The molecule has 0 saturated heterocycles. The average Bonchev–Trinajstić information content (AvgIpc) is 3.37. The van der Waals surface area contributed by atoms with Crippen LogP contribution in [-0.2, 0) is 15.0 Å². The summed E-state index contributed by atoms with van der Waals surface area (Å²) < 4.78 is 13.1. The number of benzene rings is 2. The first-order chi connectivity index (χ1) is 12.2. The Morgan fingerprint density at radius 2 is 1.54 bits per heavy atom. The van der Waals surface area contributed by atoms with Gasteiger partial charge < -0.3 is 10.6 Å². The Labute approximate surface area is 152 Å². The van der Waals surface area contributed by atoms with Crippen LogP contribution in [0, 0.1) is 11.2 Å². The third-order valence-electron chi connectivity index (χ3n) is 4.64. The Morgan fingerprint density at radius 1 is 0.962 bits per heavy atom. The van der Waals surface area contributed by atoms with E-state index in [1.807, 2.05) is 20.8 Å². The minimum Gasteiger partial charge on any atom is -0.326 e. The molecular weight excluding hydrogens is 331 g/mol. The minimum absolute atomic E-state index is 0.0917. The topological polar surface area (TPSA) is 58.2 Å². The van der Waals surface area contributed by atoms with Crippen LogP contribution in [0.2, 0.25) is 0 Å². The average molecular weight is 354 g/mol. The first kappa shape index (κ1) is 18.1. The maximum Gasteiger partial charge on any atom is 0.235 e. The number of rotatable bonds is 4. The molecular formula is C21H23FN2O2. The van der Waals surface area contributed by atoms with Crippen molar-refractivity contribution in [2.24, 2.45) is 5.41 Å². The van der Waals surface area contributed by atoms with E-state index in [0.29, 0.717) is 11.4 Å². The Hall–Kier alpha value is -2.69. The third kappa shape index (κ3) is 3.77. The van der Waals surface area contributed by atoms with Gasteiger partial charge in [-0.1, -0.05) is 39.0 Å². The van der Waals surface area contributed by atoms with Crippen LogP contribution in [-0.4, -0.2) is 11.8 Å². The van der Waals surface area contributed by atoms with Crippen LogP contribution in [0.1, 0.15) is 39.2 Å². The molecule has 2 amide bonds. The predicted octanol–water partition coefficient (Wildman–Crippen LogP) is 4.48. The Bertz CT molecular complexity index is 834. The second-order valence-electron chi connectivity index (χ2n) is 7.83. The highest BCUT2D eigenvalue weighted by Gasteiger charge is 2.51. The van der Waals surface area contributed by atoms with Gasteiger partial charge in [0, 0.05) is 16.8 Å². The lowest BCUT2D eigenvalue weighted by atomic mass is 9.95. The van der Waals surface area contributed by atoms with E-state index in [0.717, 1.165) is 18.4 Å². The normalized spacial score (nSPS) is 15.2. The van der Waals surface area contributed by atoms with E-state index in [9.17, 15) is 14.0 Å². The summed E-state index contributed by atoms with van der Waals surface area (Å²) in [5.41, 5.74) is 0.996. The van der Waals surface area contributed by atoms with Crippen LogP contribution in [0.4, 0.5) is 15.8 Å². The second kappa shape index (κ2) is 6.56. The molecule has 0 aromatic heterocycles. The zero-order valence-electron chi connectivity index (χ0n) is 15.2. The van der Waals surface area contributed by atoms with Gasteiger partial charge in [0.05, 0.1) is 5.41 Å². The standard InChI is InChI=1S/C21H23FN2O2/c1-20(2,3)18(25)23-16-5-4-6-17(13-16)24-19(26)21(11-12-21)14-7-9-15(22)10-8-14/h4-10,13H,11-12H2,1-3H3,(H,23,25)(H,24,26). The fraction of sp³-hybridized carbons (Fsp3) is 0.333. The fourth-order valence-corrected chi connectivity index (χ4v) is 2.78. The first-order valence-corrected chi connectivity index (χ1v) is 8.70. The molecule has 0 radical (unpaired) electrons. The maximum atomic E-state index is 13.1. The fourth-order valence-electron chi connectivity index (χ4n) is 2.78. The van der Waals surface area contributed by atoms with E-state index >= 15 is 0 Å². The Kier molecular flexibility index (Phi) is 4.57. The van der Waals surface area contributed by atoms with E-state index in [-0.39, 0.29) is 17.6 Å². The highest BCUT2D eigenvalue weighted by Crippen LogP contribution is 2.49. The van der Waals surface area contributed by atoms with Crippen molar-refractivity contribution in [1.29, 1.82) is 0 Å². The zero-order valence-corrected chi connectivity index (χ0v) is 15.2. The number of halogens is 1. The number of carbonyl (C=O) groups excluding carboxylic acids is 2. The molecule has 26 heavy (non-hydrogen) atoms. The summed E-state index contributed by atoms with van der Waals surface area (Å²) in [5.74, 6) is -0.512. The quantitative estimate of drug-likeness (QED) is 0.850. The molecule has 1 aliphatic rings. The van der Waals surface area contributed by atoms with Gasteiger partial charge in [0.15, 0.2) is 0 Å². The van der Waals surface area contributed by atoms with Crippen LogP contribution in [0.5, 0.6) is 0 Å². The molecule has 1 aliphatic carbocycles. The van der Waals surface area contributed by atoms with Crippen molar-refractivity contribution < 1.29 is 14.0 Å². The van der Waals surface area contributed by atoms with Crippen molar-refractivity contribution in [3.8, 4) is 0 Å². The summed E-state index contributed by atoms with van der Waals surface area (Å²) in [4.78, 5) is 24.9. The number of anilines is 2. The summed E-state index contributed by atoms with van der Waals surface area (Å²) in [6.07, 6.45) is 1.48. The highest BCUT2D eigenvalue weighted by molar-refractivity contribution is 6.02. The third-order valence-corrected chi connectivity index (χ3v) is 4.64. The highest BCUT2D eigenvalue weighted by atomic mass is 19.1. The van der Waals surface area contributed by atoms with Crippen LogP contribution in [0.15, 0.2) is 48.5 Å². The molecule has 3 rings (SSSR count). The molecule has 1 fully saturated rings. The van der Waals surface area contributed by atoms with Gasteiger partial charge in [-0.25, -0.2) is 4.39 Å².